The third-order valence-electron chi connectivity index (χ3n) is 3.09. The lowest BCUT2D eigenvalue weighted by atomic mass is 10.3. The maximum atomic E-state index is 5.58. The van der Waals surface area contributed by atoms with Gasteiger partial charge in [-0.05, 0) is 12.8 Å². The van der Waals surface area contributed by atoms with Crippen molar-refractivity contribution in [2.24, 2.45) is 0 Å². The summed E-state index contributed by atoms with van der Waals surface area (Å²) in [6, 6.07) is 0.940. The predicted octanol–water partition coefficient (Wildman–Crippen LogP) is 1.56. The Kier molecular flexibility index (Phi) is 3.85. The van der Waals surface area contributed by atoms with E-state index in [9.17, 15) is 0 Å². The van der Waals surface area contributed by atoms with E-state index >= 15 is 0 Å². The molecule has 2 aliphatic rings. The van der Waals surface area contributed by atoms with Crippen LogP contribution in [-0.4, -0.2) is 54.4 Å². The van der Waals surface area contributed by atoms with Gasteiger partial charge in [-0.1, -0.05) is 12.2 Å². The van der Waals surface area contributed by atoms with Gasteiger partial charge in [-0.15, -0.1) is 11.6 Å². The van der Waals surface area contributed by atoms with Gasteiger partial charge in [0.2, 0.25) is 0 Å². The van der Waals surface area contributed by atoms with Crippen LogP contribution >= 0.6 is 11.6 Å². The van der Waals surface area contributed by atoms with Crippen LogP contribution in [0.1, 0.15) is 12.8 Å². The van der Waals surface area contributed by atoms with E-state index in [1.54, 1.807) is 0 Å². The zero-order valence-corrected chi connectivity index (χ0v) is 9.42. The molecule has 0 radical (unpaired) electrons. The van der Waals surface area contributed by atoms with E-state index in [4.69, 9.17) is 11.6 Å². The number of allylic oxidation sites excluding steroid dienone is 1. The molecular formula is C11H19ClN2. The molecule has 0 aromatic heterocycles. The van der Waals surface area contributed by atoms with Crippen molar-refractivity contribution in [3.8, 4) is 0 Å². The molecule has 0 amide bonds. The molecule has 0 aromatic carbocycles. The molecule has 1 aliphatic heterocycles. The summed E-state index contributed by atoms with van der Waals surface area (Å²) in [4.78, 5) is 5.14. The van der Waals surface area contributed by atoms with Crippen LogP contribution in [-0.2, 0) is 0 Å². The van der Waals surface area contributed by atoms with Gasteiger partial charge in [0.15, 0.2) is 0 Å². The standard InChI is InChI=1S/C11H19ClN2/c12-5-1-2-6-13-7-9-14(10-8-13)11-3-4-11/h1-2,11H,3-10H2. The molecule has 0 bridgehead atoms. The van der Waals surface area contributed by atoms with Crippen molar-refractivity contribution in [1.82, 2.24) is 9.80 Å². The Morgan fingerprint density at radius 3 is 2.36 bits per heavy atom. The molecule has 1 heterocycles. The van der Waals surface area contributed by atoms with Crippen LogP contribution in [0.15, 0.2) is 12.2 Å². The molecule has 80 valence electrons. The number of halogens is 1. The molecule has 3 heteroatoms. The lowest BCUT2D eigenvalue weighted by Gasteiger charge is -2.34. The van der Waals surface area contributed by atoms with Gasteiger partial charge in [0.1, 0.15) is 0 Å². The Balaban J connectivity index is 1.64. The van der Waals surface area contributed by atoms with Gasteiger partial charge in [0.25, 0.3) is 0 Å². The first-order valence-corrected chi connectivity index (χ1v) is 6.11. The van der Waals surface area contributed by atoms with E-state index < -0.39 is 0 Å². The van der Waals surface area contributed by atoms with Crippen molar-refractivity contribution in [3.63, 3.8) is 0 Å². The van der Waals surface area contributed by atoms with Gasteiger partial charge in [-0.25, -0.2) is 0 Å². The molecule has 0 spiro atoms. The van der Waals surface area contributed by atoms with E-state index in [1.807, 2.05) is 6.08 Å². The van der Waals surface area contributed by atoms with Crippen molar-refractivity contribution in [3.05, 3.63) is 12.2 Å². The van der Waals surface area contributed by atoms with Crippen LogP contribution in [0.2, 0.25) is 0 Å². The van der Waals surface area contributed by atoms with Crippen LogP contribution in [0.5, 0.6) is 0 Å². The molecule has 2 rings (SSSR count). The van der Waals surface area contributed by atoms with Crippen LogP contribution in [0.4, 0.5) is 0 Å². The molecule has 0 aromatic rings. The fraction of sp³-hybridized carbons (Fsp3) is 0.818. The van der Waals surface area contributed by atoms with Crippen molar-refractivity contribution < 1.29 is 0 Å². The number of piperazine rings is 1. The van der Waals surface area contributed by atoms with Gasteiger partial charge < -0.3 is 0 Å². The molecule has 1 aliphatic carbocycles. The highest BCUT2D eigenvalue weighted by molar-refractivity contribution is 6.18. The summed E-state index contributed by atoms with van der Waals surface area (Å²) >= 11 is 5.58. The lowest BCUT2D eigenvalue weighted by Crippen LogP contribution is -2.47. The summed E-state index contributed by atoms with van der Waals surface area (Å²) in [5.41, 5.74) is 0. The van der Waals surface area contributed by atoms with Gasteiger partial charge in [0.05, 0.1) is 0 Å². The second kappa shape index (κ2) is 5.15. The third kappa shape index (κ3) is 2.97. The van der Waals surface area contributed by atoms with Crippen LogP contribution in [0, 0.1) is 0 Å². The average Bonchev–Trinajstić information content (AvgIpc) is 3.03. The van der Waals surface area contributed by atoms with Crippen molar-refractivity contribution >= 4 is 11.6 Å². The fourth-order valence-electron chi connectivity index (χ4n) is 2.04. The monoisotopic (exact) mass is 214 g/mol. The molecule has 0 unspecified atom stereocenters. The minimum Gasteiger partial charge on any atom is -0.298 e. The van der Waals surface area contributed by atoms with Gasteiger partial charge in [0, 0.05) is 44.6 Å². The fourth-order valence-corrected chi connectivity index (χ4v) is 2.16. The topological polar surface area (TPSA) is 6.48 Å². The zero-order chi connectivity index (χ0) is 9.80. The summed E-state index contributed by atoms with van der Waals surface area (Å²) < 4.78 is 0. The Morgan fingerprint density at radius 2 is 1.79 bits per heavy atom. The second-order valence-electron chi connectivity index (χ2n) is 4.19. The first kappa shape index (κ1) is 10.5. The van der Waals surface area contributed by atoms with Gasteiger partial charge in [-0.3, -0.25) is 9.80 Å². The van der Waals surface area contributed by atoms with Crippen LogP contribution in [0.25, 0.3) is 0 Å². The molecule has 2 fully saturated rings. The Bertz CT molecular complexity index is 193. The molecule has 2 nitrogen and oxygen atoms in total. The van der Waals surface area contributed by atoms with Crippen molar-refractivity contribution in [2.45, 2.75) is 18.9 Å². The van der Waals surface area contributed by atoms with E-state index in [0.717, 1.165) is 12.6 Å². The van der Waals surface area contributed by atoms with Crippen molar-refractivity contribution in [2.75, 3.05) is 38.6 Å². The second-order valence-corrected chi connectivity index (χ2v) is 4.50. The van der Waals surface area contributed by atoms with E-state index in [2.05, 4.69) is 15.9 Å². The minimum absolute atomic E-state index is 0.641. The van der Waals surface area contributed by atoms with Crippen LogP contribution < -0.4 is 0 Å². The van der Waals surface area contributed by atoms with Crippen LogP contribution in [0.3, 0.4) is 0 Å². The number of alkyl halides is 1. The first-order chi connectivity index (χ1) is 6.90. The summed E-state index contributed by atoms with van der Waals surface area (Å²) in [7, 11) is 0. The Hall–Kier alpha value is -0.0500. The number of hydrogen-bond donors (Lipinski definition) is 0. The highest BCUT2D eigenvalue weighted by atomic mass is 35.5. The predicted molar refractivity (Wildman–Crippen MR) is 60.9 cm³/mol. The number of hydrogen-bond acceptors (Lipinski definition) is 2. The highest BCUT2D eigenvalue weighted by Gasteiger charge is 2.30. The number of rotatable bonds is 4. The summed E-state index contributed by atoms with van der Waals surface area (Å²) in [5.74, 6) is 0.641. The largest absolute Gasteiger partial charge is 0.298 e. The number of nitrogens with zero attached hydrogens (tertiary/aromatic N) is 2. The lowest BCUT2D eigenvalue weighted by molar-refractivity contribution is 0.136. The minimum atomic E-state index is 0.641. The Labute approximate surface area is 91.5 Å². The van der Waals surface area contributed by atoms with E-state index in [1.165, 1.54) is 39.0 Å². The molecular weight excluding hydrogens is 196 g/mol. The third-order valence-corrected chi connectivity index (χ3v) is 3.27. The summed E-state index contributed by atoms with van der Waals surface area (Å²) in [5, 5.41) is 0. The summed E-state index contributed by atoms with van der Waals surface area (Å²) in [6.07, 6.45) is 7.09. The molecule has 14 heavy (non-hydrogen) atoms. The maximum Gasteiger partial charge on any atom is 0.0404 e. The quantitative estimate of drug-likeness (QED) is 0.518. The smallest absolute Gasteiger partial charge is 0.0404 e. The molecule has 1 saturated carbocycles. The van der Waals surface area contributed by atoms with Gasteiger partial charge in [-0.2, -0.15) is 0 Å². The van der Waals surface area contributed by atoms with E-state index in [-0.39, 0.29) is 0 Å². The highest BCUT2D eigenvalue weighted by Crippen LogP contribution is 2.27. The normalized spacial score (nSPS) is 26.1. The van der Waals surface area contributed by atoms with E-state index in [0.29, 0.717) is 5.88 Å². The van der Waals surface area contributed by atoms with Crippen molar-refractivity contribution in [1.29, 1.82) is 0 Å². The zero-order valence-electron chi connectivity index (χ0n) is 8.66. The summed E-state index contributed by atoms with van der Waals surface area (Å²) in [6.45, 7) is 6.05. The molecule has 0 N–H and O–H groups in total. The average molecular weight is 215 g/mol. The SMILES string of the molecule is ClCC=CCN1CCN(C2CC2)CC1. The molecule has 0 atom stereocenters. The molecule has 1 saturated heterocycles. The maximum absolute atomic E-state index is 5.58. The first-order valence-electron chi connectivity index (χ1n) is 5.57. The van der Waals surface area contributed by atoms with Gasteiger partial charge >= 0.3 is 0 Å². The Morgan fingerprint density at radius 1 is 1.07 bits per heavy atom.